The molecule has 7 heavy (non-hydrogen) atoms. The highest BCUT2D eigenvalue weighted by molar-refractivity contribution is 4.91. The molecule has 0 aromatic carbocycles. The van der Waals surface area contributed by atoms with Gasteiger partial charge in [-0.25, -0.2) is 0 Å². The van der Waals surface area contributed by atoms with E-state index < -0.39 is 0 Å². The number of hydrogen-bond acceptors (Lipinski definition) is 0. The third-order valence-electron chi connectivity index (χ3n) is 1.03. The second kappa shape index (κ2) is 3.91. The van der Waals surface area contributed by atoms with Gasteiger partial charge in [0.05, 0.1) is 0 Å². The van der Waals surface area contributed by atoms with Crippen molar-refractivity contribution in [3.05, 3.63) is 19.1 Å². The molecule has 0 aliphatic carbocycles. The Hall–Kier alpha value is -0.260. The van der Waals surface area contributed by atoms with Gasteiger partial charge in [-0.1, -0.05) is 26.0 Å². The molecule has 1 radical (unpaired) electrons. The van der Waals surface area contributed by atoms with E-state index in [-0.39, 0.29) is 0 Å². The first-order valence-electron chi connectivity index (χ1n) is 2.77. The van der Waals surface area contributed by atoms with Crippen molar-refractivity contribution in [2.24, 2.45) is 0 Å². The molecule has 0 saturated carbocycles. The van der Waals surface area contributed by atoms with Crippen LogP contribution in [0.3, 0.4) is 0 Å². The summed E-state index contributed by atoms with van der Waals surface area (Å²) in [6.45, 7) is 9.66. The molecule has 0 aliphatic heterocycles. The second-order valence-electron chi connectivity index (χ2n) is 1.71. The molecule has 0 heterocycles. The zero-order chi connectivity index (χ0) is 5.70. The molecular formula is C7H13. The minimum Gasteiger partial charge on any atom is -0.0999 e. The van der Waals surface area contributed by atoms with Gasteiger partial charge in [0.15, 0.2) is 0 Å². The van der Waals surface area contributed by atoms with Crippen molar-refractivity contribution in [3.63, 3.8) is 0 Å². The van der Waals surface area contributed by atoms with Crippen molar-refractivity contribution in [1.82, 2.24) is 0 Å². The Balaban J connectivity index is 3.00. The summed E-state index contributed by atoms with van der Waals surface area (Å²) in [6.07, 6.45) is 3.19. The number of rotatable bonds is 3. The fourth-order valence-electron chi connectivity index (χ4n) is 0.427. The van der Waals surface area contributed by atoms with Crippen molar-refractivity contribution in [3.8, 4) is 0 Å². The van der Waals surface area contributed by atoms with Crippen LogP contribution in [0.5, 0.6) is 0 Å². The molecule has 0 aromatic heterocycles. The van der Waals surface area contributed by atoms with Crippen LogP contribution in [0.15, 0.2) is 12.2 Å². The van der Waals surface area contributed by atoms with Gasteiger partial charge in [-0.3, -0.25) is 0 Å². The van der Waals surface area contributed by atoms with Gasteiger partial charge in [-0.15, -0.1) is 0 Å². The number of allylic oxidation sites excluding steroid dienone is 1. The maximum atomic E-state index is 3.82. The Kier molecular flexibility index (Phi) is 3.77. The lowest BCUT2D eigenvalue weighted by atomic mass is 10.1. The molecule has 0 amide bonds. The van der Waals surface area contributed by atoms with Crippen LogP contribution in [0.2, 0.25) is 0 Å². The molecule has 0 nitrogen and oxygen atoms in total. The van der Waals surface area contributed by atoms with Crippen LogP contribution in [0.25, 0.3) is 0 Å². The summed E-state index contributed by atoms with van der Waals surface area (Å²) < 4.78 is 0. The van der Waals surface area contributed by atoms with Crippen molar-refractivity contribution in [1.29, 1.82) is 0 Å². The van der Waals surface area contributed by atoms with E-state index in [1.807, 2.05) is 0 Å². The molecule has 0 aliphatic rings. The minimum atomic E-state index is 0.993. The molecule has 0 N–H and O–H groups in total. The zero-order valence-corrected chi connectivity index (χ0v) is 5.04. The van der Waals surface area contributed by atoms with Crippen LogP contribution in [-0.2, 0) is 0 Å². The molecular weight excluding hydrogens is 84.1 g/mol. The lowest BCUT2D eigenvalue weighted by Gasteiger charge is -1.94. The predicted molar refractivity (Wildman–Crippen MR) is 34.0 cm³/mol. The predicted octanol–water partition coefficient (Wildman–Crippen LogP) is 2.57. The van der Waals surface area contributed by atoms with Crippen molar-refractivity contribution in [2.75, 3.05) is 0 Å². The van der Waals surface area contributed by atoms with E-state index >= 15 is 0 Å². The molecule has 0 rings (SSSR count). The van der Waals surface area contributed by atoms with Crippen LogP contribution in [0.1, 0.15) is 26.2 Å². The van der Waals surface area contributed by atoms with Crippen molar-refractivity contribution >= 4 is 0 Å². The molecule has 41 valence electrons. The normalized spacial score (nSPS) is 8.86. The third-order valence-corrected chi connectivity index (χ3v) is 1.03. The molecule has 0 fully saturated rings. The highest BCUT2D eigenvalue weighted by atomic mass is 13.9. The largest absolute Gasteiger partial charge is 0.0999 e. The van der Waals surface area contributed by atoms with E-state index in [9.17, 15) is 0 Å². The summed E-state index contributed by atoms with van der Waals surface area (Å²) in [4.78, 5) is 0. The van der Waals surface area contributed by atoms with Gasteiger partial charge >= 0.3 is 0 Å². The van der Waals surface area contributed by atoms with Crippen LogP contribution in [0.4, 0.5) is 0 Å². The van der Waals surface area contributed by atoms with Gasteiger partial charge < -0.3 is 0 Å². The van der Waals surface area contributed by atoms with Gasteiger partial charge in [-0.2, -0.15) is 0 Å². The lowest BCUT2D eigenvalue weighted by molar-refractivity contribution is 0.913. The Morgan fingerprint density at radius 2 is 2.14 bits per heavy atom. The van der Waals surface area contributed by atoms with E-state index in [0.717, 1.165) is 19.3 Å². The summed E-state index contributed by atoms with van der Waals surface area (Å²) in [5.74, 6) is 0. The molecule has 0 aromatic rings. The third kappa shape index (κ3) is 3.57. The maximum Gasteiger partial charge on any atom is -0.0323 e. The Morgan fingerprint density at radius 1 is 1.57 bits per heavy atom. The van der Waals surface area contributed by atoms with E-state index in [4.69, 9.17) is 0 Å². The SMILES string of the molecule is [CH2]CCC(=C)CC. The maximum absolute atomic E-state index is 3.82. The van der Waals surface area contributed by atoms with Gasteiger partial charge in [0.2, 0.25) is 0 Å². The summed E-state index contributed by atoms with van der Waals surface area (Å²) in [5.41, 5.74) is 1.31. The Labute approximate surface area is 46.2 Å². The average molecular weight is 97.2 g/mol. The average Bonchev–Trinajstić information content (AvgIpc) is 1.68. The van der Waals surface area contributed by atoms with E-state index in [1.165, 1.54) is 5.57 Å². The lowest BCUT2D eigenvalue weighted by Crippen LogP contribution is -1.74. The molecule has 0 atom stereocenters. The summed E-state index contributed by atoms with van der Waals surface area (Å²) >= 11 is 0. The standard InChI is InChI=1S/C7H13/c1-4-6-7(3)5-2/h1,3-6H2,2H3. The van der Waals surface area contributed by atoms with Crippen LogP contribution in [0, 0.1) is 6.92 Å². The first-order chi connectivity index (χ1) is 3.31. The number of hydrogen-bond donors (Lipinski definition) is 0. The van der Waals surface area contributed by atoms with E-state index in [1.54, 1.807) is 0 Å². The fourth-order valence-corrected chi connectivity index (χ4v) is 0.427. The smallest absolute Gasteiger partial charge is 0.0323 e. The van der Waals surface area contributed by atoms with Crippen molar-refractivity contribution < 1.29 is 0 Å². The highest BCUT2D eigenvalue weighted by Gasteiger charge is 1.83. The molecule has 0 bridgehead atoms. The first kappa shape index (κ1) is 6.74. The summed E-state index contributed by atoms with van der Waals surface area (Å²) in [5, 5.41) is 0. The van der Waals surface area contributed by atoms with Crippen LogP contribution < -0.4 is 0 Å². The molecule has 0 saturated heterocycles. The van der Waals surface area contributed by atoms with Crippen LogP contribution >= 0.6 is 0 Å². The van der Waals surface area contributed by atoms with Crippen molar-refractivity contribution in [2.45, 2.75) is 26.2 Å². The highest BCUT2D eigenvalue weighted by Crippen LogP contribution is 2.03. The molecule has 0 unspecified atom stereocenters. The minimum absolute atomic E-state index is 0.993. The Morgan fingerprint density at radius 3 is 2.29 bits per heavy atom. The first-order valence-corrected chi connectivity index (χ1v) is 2.77. The topological polar surface area (TPSA) is 0 Å². The van der Waals surface area contributed by atoms with Gasteiger partial charge in [0, 0.05) is 0 Å². The van der Waals surface area contributed by atoms with E-state index in [0.29, 0.717) is 0 Å². The fraction of sp³-hybridized carbons (Fsp3) is 0.571. The molecule has 0 spiro atoms. The van der Waals surface area contributed by atoms with Gasteiger partial charge in [0.1, 0.15) is 0 Å². The van der Waals surface area contributed by atoms with Crippen LogP contribution in [-0.4, -0.2) is 0 Å². The van der Waals surface area contributed by atoms with Gasteiger partial charge in [-0.05, 0) is 19.3 Å². The van der Waals surface area contributed by atoms with E-state index in [2.05, 4.69) is 20.4 Å². The summed E-state index contributed by atoms with van der Waals surface area (Å²) in [6, 6.07) is 0. The molecule has 0 heteroatoms. The zero-order valence-electron chi connectivity index (χ0n) is 5.04. The second-order valence-corrected chi connectivity index (χ2v) is 1.71. The van der Waals surface area contributed by atoms with Gasteiger partial charge in [0.25, 0.3) is 0 Å². The summed E-state index contributed by atoms with van der Waals surface area (Å²) in [7, 11) is 0. The Bertz CT molecular complexity index is 53.1. The monoisotopic (exact) mass is 97.1 g/mol. The quantitative estimate of drug-likeness (QED) is 0.475.